The fourth-order valence-electron chi connectivity index (χ4n) is 1.07. The minimum atomic E-state index is -0.522. The minimum absolute atomic E-state index is 0.0697. The number of nitrogens with two attached hydrogens (primary N) is 1. The van der Waals surface area contributed by atoms with Crippen LogP contribution in [0.2, 0.25) is 0 Å². The molecule has 0 aliphatic carbocycles. The van der Waals surface area contributed by atoms with Crippen molar-refractivity contribution in [1.82, 2.24) is 0 Å². The van der Waals surface area contributed by atoms with Crippen LogP contribution in [0.4, 0.5) is 5.69 Å². The summed E-state index contributed by atoms with van der Waals surface area (Å²) in [6.07, 6.45) is 0. The molecular weight excluding hydrogens is 172 g/mol. The molecule has 0 amide bonds. The second-order valence-electron chi connectivity index (χ2n) is 2.58. The lowest BCUT2D eigenvalue weighted by Crippen LogP contribution is -2.00. The highest BCUT2D eigenvalue weighted by Gasteiger charge is 2.12. The van der Waals surface area contributed by atoms with Crippen LogP contribution in [0, 0.1) is 10.1 Å². The molecule has 3 N–H and O–H groups in total. The van der Waals surface area contributed by atoms with E-state index >= 15 is 0 Å². The highest BCUT2D eigenvalue weighted by atomic mass is 16.6. The monoisotopic (exact) mass is 182 g/mol. The van der Waals surface area contributed by atoms with Crippen LogP contribution < -0.4 is 5.73 Å². The average Bonchev–Trinajstić information content (AvgIpc) is 2.16. The molecule has 0 atom stereocenters. The highest BCUT2D eigenvalue weighted by molar-refractivity contribution is 5.42. The van der Waals surface area contributed by atoms with Crippen LogP contribution >= 0.6 is 0 Å². The second kappa shape index (κ2) is 3.97. The van der Waals surface area contributed by atoms with E-state index in [1.54, 1.807) is 6.07 Å². The van der Waals surface area contributed by atoms with Crippen molar-refractivity contribution >= 4 is 5.69 Å². The smallest absolute Gasteiger partial charge is 0.274 e. The van der Waals surface area contributed by atoms with Crippen LogP contribution in [0.3, 0.4) is 0 Å². The second-order valence-corrected chi connectivity index (χ2v) is 2.58. The van der Waals surface area contributed by atoms with E-state index in [0.29, 0.717) is 12.1 Å². The highest BCUT2D eigenvalue weighted by Crippen LogP contribution is 2.19. The molecule has 0 bridgehead atoms. The van der Waals surface area contributed by atoms with Gasteiger partial charge in [-0.05, 0) is 11.6 Å². The van der Waals surface area contributed by atoms with Gasteiger partial charge >= 0.3 is 0 Å². The molecule has 1 aromatic carbocycles. The average molecular weight is 182 g/mol. The van der Waals surface area contributed by atoms with E-state index in [2.05, 4.69) is 0 Å². The molecular formula is C8H10N2O3. The maximum atomic E-state index is 10.4. The summed E-state index contributed by atoms with van der Waals surface area (Å²) in [5, 5.41) is 19.3. The molecule has 0 aliphatic heterocycles. The first-order valence-corrected chi connectivity index (χ1v) is 3.76. The summed E-state index contributed by atoms with van der Waals surface area (Å²) in [5.74, 6) is 0. The van der Waals surface area contributed by atoms with Crippen molar-refractivity contribution in [2.45, 2.75) is 13.2 Å². The van der Waals surface area contributed by atoms with Crippen LogP contribution in [0.25, 0.3) is 0 Å². The Kier molecular flexibility index (Phi) is 2.94. The van der Waals surface area contributed by atoms with E-state index < -0.39 is 4.92 Å². The molecule has 0 unspecified atom stereocenters. The van der Waals surface area contributed by atoms with Gasteiger partial charge in [0.2, 0.25) is 0 Å². The van der Waals surface area contributed by atoms with E-state index in [1.165, 1.54) is 12.1 Å². The van der Waals surface area contributed by atoms with E-state index in [9.17, 15) is 10.1 Å². The van der Waals surface area contributed by atoms with E-state index in [4.69, 9.17) is 10.8 Å². The summed E-state index contributed by atoms with van der Waals surface area (Å²) in [6, 6.07) is 4.48. The fraction of sp³-hybridized carbons (Fsp3) is 0.250. The van der Waals surface area contributed by atoms with Crippen molar-refractivity contribution in [3.8, 4) is 0 Å². The van der Waals surface area contributed by atoms with Gasteiger partial charge in [-0.15, -0.1) is 0 Å². The summed E-state index contributed by atoms with van der Waals surface area (Å²) < 4.78 is 0. The van der Waals surface area contributed by atoms with Crippen molar-refractivity contribution in [3.63, 3.8) is 0 Å². The third-order valence-electron chi connectivity index (χ3n) is 1.75. The molecule has 0 fully saturated rings. The molecule has 5 nitrogen and oxygen atoms in total. The van der Waals surface area contributed by atoms with Gasteiger partial charge in [0.15, 0.2) is 0 Å². The van der Waals surface area contributed by atoms with Gasteiger partial charge in [0.1, 0.15) is 0 Å². The molecule has 0 radical (unpaired) electrons. The van der Waals surface area contributed by atoms with Crippen LogP contribution in [0.15, 0.2) is 18.2 Å². The Morgan fingerprint density at radius 2 is 2.23 bits per heavy atom. The Balaban J connectivity index is 3.15. The number of aliphatic hydroxyl groups is 1. The molecule has 5 heteroatoms. The van der Waals surface area contributed by atoms with Gasteiger partial charge in [0.05, 0.1) is 17.1 Å². The van der Waals surface area contributed by atoms with Crippen LogP contribution in [-0.4, -0.2) is 10.0 Å². The molecule has 0 heterocycles. The molecule has 0 spiro atoms. The number of nitro groups is 1. The van der Waals surface area contributed by atoms with Gasteiger partial charge in [-0.2, -0.15) is 0 Å². The van der Waals surface area contributed by atoms with Crippen LogP contribution in [0.5, 0.6) is 0 Å². The van der Waals surface area contributed by atoms with Gasteiger partial charge in [0, 0.05) is 12.6 Å². The van der Waals surface area contributed by atoms with E-state index in [0.717, 1.165) is 5.56 Å². The zero-order chi connectivity index (χ0) is 9.84. The number of hydrogen-bond acceptors (Lipinski definition) is 4. The Morgan fingerprint density at radius 1 is 1.54 bits per heavy atom. The quantitative estimate of drug-likeness (QED) is 0.527. The molecule has 0 aliphatic rings. The fourth-order valence-corrected chi connectivity index (χ4v) is 1.07. The van der Waals surface area contributed by atoms with Crippen molar-refractivity contribution in [2.24, 2.45) is 5.73 Å². The van der Waals surface area contributed by atoms with Crippen molar-refractivity contribution < 1.29 is 10.0 Å². The number of nitrogens with zero attached hydrogens (tertiary/aromatic N) is 1. The van der Waals surface area contributed by atoms with Gasteiger partial charge in [-0.1, -0.05) is 6.07 Å². The Morgan fingerprint density at radius 3 is 2.69 bits per heavy atom. The number of benzene rings is 1. The SMILES string of the molecule is NCc1ccc([N+](=O)[O-])c(CO)c1. The molecule has 70 valence electrons. The van der Waals surface area contributed by atoms with Gasteiger partial charge in [-0.3, -0.25) is 10.1 Å². The minimum Gasteiger partial charge on any atom is -0.391 e. The lowest BCUT2D eigenvalue weighted by molar-refractivity contribution is -0.385. The molecule has 1 rings (SSSR count). The summed E-state index contributed by atoms with van der Waals surface area (Å²) in [5.41, 5.74) is 6.35. The molecule has 0 aromatic heterocycles. The summed E-state index contributed by atoms with van der Waals surface area (Å²) in [7, 11) is 0. The number of rotatable bonds is 3. The van der Waals surface area contributed by atoms with Crippen molar-refractivity contribution in [1.29, 1.82) is 0 Å². The number of nitro benzene ring substituents is 1. The molecule has 13 heavy (non-hydrogen) atoms. The van der Waals surface area contributed by atoms with Crippen LogP contribution in [0.1, 0.15) is 11.1 Å². The first kappa shape index (κ1) is 9.63. The van der Waals surface area contributed by atoms with Gasteiger partial charge in [-0.25, -0.2) is 0 Å². The Bertz CT molecular complexity index is 325. The van der Waals surface area contributed by atoms with E-state index in [-0.39, 0.29) is 12.3 Å². The maximum Gasteiger partial charge on any atom is 0.274 e. The lowest BCUT2D eigenvalue weighted by Gasteiger charge is -2.01. The van der Waals surface area contributed by atoms with Gasteiger partial charge < -0.3 is 10.8 Å². The standard InChI is InChI=1S/C8H10N2O3/c9-4-6-1-2-8(10(12)13)7(3-6)5-11/h1-3,11H,4-5,9H2. The largest absolute Gasteiger partial charge is 0.391 e. The van der Waals surface area contributed by atoms with Crippen LogP contribution in [-0.2, 0) is 13.2 Å². The lowest BCUT2D eigenvalue weighted by atomic mass is 10.1. The van der Waals surface area contributed by atoms with Crippen molar-refractivity contribution in [2.75, 3.05) is 0 Å². The number of aliphatic hydroxyl groups excluding tert-OH is 1. The molecule has 1 aromatic rings. The van der Waals surface area contributed by atoms with Crippen molar-refractivity contribution in [3.05, 3.63) is 39.4 Å². The normalized spacial score (nSPS) is 10.0. The Hall–Kier alpha value is -1.46. The third kappa shape index (κ3) is 2.01. The van der Waals surface area contributed by atoms with Gasteiger partial charge in [0.25, 0.3) is 5.69 Å². The van der Waals surface area contributed by atoms with E-state index in [1.807, 2.05) is 0 Å². The first-order chi connectivity index (χ1) is 6.19. The molecule has 0 saturated heterocycles. The first-order valence-electron chi connectivity index (χ1n) is 3.76. The zero-order valence-corrected chi connectivity index (χ0v) is 6.93. The topological polar surface area (TPSA) is 89.4 Å². The maximum absolute atomic E-state index is 10.4. The number of hydrogen-bond donors (Lipinski definition) is 2. The predicted octanol–water partition coefficient (Wildman–Crippen LogP) is 0.546. The summed E-state index contributed by atoms with van der Waals surface area (Å²) in [4.78, 5) is 9.92. The Labute approximate surface area is 74.9 Å². The molecule has 0 saturated carbocycles. The summed E-state index contributed by atoms with van der Waals surface area (Å²) >= 11 is 0. The predicted molar refractivity (Wildman–Crippen MR) is 46.9 cm³/mol. The zero-order valence-electron chi connectivity index (χ0n) is 6.93. The summed E-state index contributed by atoms with van der Waals surface area (Å²) in [6.45, 7) is -0.0326. The third-order valence-corrected chi connectivity index (χ3v) is 1.75.